The minimum atomic E-state index is -4.00. The first-order valence-electron chi connectivity index (χ1n) is 8.19. The van der Waals surface area contributed by atoms with E-state index in [0.29, 0.717) is 16.3 Å². The summed E-state index contributed by atoms with van der Waals surface area (Å²) in [6.07, 6.45) is -0.804. The van der Waals surface area contributed by atoms with E-state index < -0.39 is 28.1 Å². The first-order valence-corrected chi connectivity index (χ1v) is 10.4. The number of hydrogen-bond donors (Lipinski definition) is 3. The monoisotopic (exact) mass is 432 g/mol. The molecule has 27 heavy (non-hydrogen) atoms. The van der Waals surface area contributed by atoms with Gasteiger partial charge in [-0.25, -0.2) is 17.9 Å². The summed E-state index contributed by atoms with van der Waals surface area (Å²) in [4.78, 5) is 14.6. The third kappa shape index (κ3) is 3.86. The van der Waals surface area contributed by atoms with Crippen LogP contribution in [0.4, 0.5) is 0 Å². The fourth-order valence-corrected chi connectivity index (χ4v) is 4.74. The van der Waals surface area contributed by atoms with Crippen molar-refractivity contribution in [2.75, 3.05) is 6.61 Å². The largest absolute Gasteiger partial charge is 0.462 e. The van der Waals surface area contributed by atoms with Crippen LogP contribution in [0.15, 0.2) is 23.2 Å². The maximum atomic E-state index is 12.7. The predicted molar refractivity (Wildman–Crippen MR) is 101 cm³/mol. The van der Waals surface area contributed by atoms with Crippen molar-refractivity contribution in [3.8, 4) is 0 Å². The van der Waals surface area contributed by atoms with Crippen LogP contribution in [0.1, 0.15) is 40.2 Å². The van der Waals surface area contributed by atoms with Gasteiger partial charge in [-0.1, -0.05) is 23.2 Å². The molecule has 1 aliphatic rings. The average molecular weight is 433 g/mol. The Morgan fingerprint density at radius 3 is 2.67 bits per heavy atom. The number of esters is 1. The fraction of sp³-hybridized carbons (Fsp3) is 0.353. The van der Waals surface area contributed by atoms with Crippen molar-refractivity contribution in [2.45, 2.75) is 37.4 Å². The predicted octanol–water partition coefficient (Wildman–Crippen LogP) is 2.74. The summed E-state index contributed by atoms with van der Waals surface area (Å²) in [6, 6.07) is 3.59. The molecule has 1 heterocycles. The number of nitrogens with one attached hydrogen (secondary N) is 2. The van der Waals surface area contributed by atoms with Crippen molar-refractivity contribution in [1.82, 2.24) is 9.71 Å². The first-order chi connectivity index (χ1) is 12.6. The van der Waals surface area contributed by atoms with E-state index in [1.54, 1.807) is 19.9 Å². The van der Waals surface area contributed by atoms with E-state index in [-0.39, 0.29) is 28.6 Å². The number of hydrogen-bond acceptors (Lipinski definition) is 5. The number of aliphatic hydroxyl groups excluding tert-OH is 1. The SMILES string of the molecule is CCOC(=O)c1cc(S(=O)(=O)N[C@H]2Cc3cc(Cl)c(Cl)cc3[C@@H]2O)[nH]c1C. The zero-order valence-corrected chi connectivity index (χ0v) is 16.9. The van der Waals surface area contributed by atoms with Gasteiger partial charge in [0.05, 0.1) is 34.4 Å². The van der Waals surface area contributed by atoms with Crippen molar-refractivity contribution in [3.05, 3.63) is 50.6 Å². The number of benzene rings is 1. The maximum Gasteiger partial charge on any atom is 0.339 e. The molecule has 0 amide bonds. The number of halogens is 2. The Morgan fingerprint density at radius 2 is 2.00 bits per heavy atom. The quantitative estimate of drug-likeness (QED) is 0.629. The molecule has 0 fully saturated rings. The lowest BCUT2D eigenvalue weighted by Gasteiger charge is -2.16. The second-order valence-corrected chi connectivity index (χ2v) is 8.73. The van der Waals surface area contributed by atoms with Gasteiger partial charge < -0.3 is 14.8 Å². The zero-order chi connectivity index (χ0) is 19.9. The van der Waals surface area contributed by atoms with Gasteiger partial charge in [-0.2, -0.15) is 0 Å². The van der Waals surface area contributed by atoms with Crippen LogP contribution in [0.3, 0.4) is 0 Å². The summed E-state index contributed by atoms with van der Waals surface area (Å²) in [5.74, 6) is -0.606. The minimum Gasteiger partial charge on any atom is -0.462 e. The van der Waals surface area contributed by atoms with Crippen LogP contribution in [0, 0.1) is 6.92 Å². The van der Waals surface area contributed by atoms with E-state index in [4.69, 9.17) is 27.9 Å². The Kier molecular flexibility index (Phi) is 5.56. The van der Waals surface area contributed by atoms with E-state index in [0.717, 1.165) is 5.56 Å². The van der Waals surface area contributed by atoms with Gasteiger partial charge in [-0.15, -0.1) is 0 Å². The molecular weight excluding hydrogens is 415 g/mol. The minimum absolute atomic E-state index is 0.144. The Balaban J connectivity index is 1.84. The van der Waals surface area contributed by atoms with Crippen LogP contribution in [-0.2, 0) is 21.2 Å². The van der Waals surface area contributed by atoms with Crippen LogP contribution in [0.2, 0.25) is 10.0 Å². The number of rotatable bonds is 5. The number of ether oxygens (including phenoxy) is 1. The van der Waals surface area contributed by atoms with Crippen LogP contribution >= 0.6 is 23.2 Å². The topological polar surface area (TPSA) is 108 Å². The number of carbonyl (C=O) groups excluding carboxylic acids is 1. The van der Waals surface area contributed by atoms with Crippen molar-refractivity contribution in [3.63, 3.8) is 0 Å². The Bertz CT molecular complexity index is 1000. The molecule has 2 atom stereocenters. The summed E-state index contributed by atoms with van der Waals surface area (Å²) in [6.45, 7) is 3.42. The zero-order valence-electron chi connectivity index (χ0n) is 14.5. The number of aromatic nitrogens is 1. The highest BCUT2D eigenvalue weighted by Gasteiger charge is 2.35. The second-order valence-electron chi connectivity index (χ2n) is 6.23. The van der Waals surface area contributed by atoms with Gasteiger partial charge in [0.25, 0.3) is 10.0 Å². The number of H-pyrrole nitrogens is 1. The second kappa shape index (κ2) is 7.44. The van der Waals surface area contributed by atoms with Gasteiger partial charge in [0.1, 0.15) is 5.03 Å². The molecule has 0 radical (unpaired) electrons. The summed E-state index contributed by atoms with van der Waals surface area (Å²) < 4.78 is 32.8. The molecular formula is C17H18Cl2N2O5S. The lowest BCUT2D eigenvalue weighted by molar-refractivity contribution is 0.0525. The van der Waals surface area contributed by atoms with Gasteiger partial charge in [0, 0.05) is 5.69 Å². The highest BCUT2D eigenvalue weighted by molar-refractivity contribution is 7.89. The van der Waals surface area contributed by atoms with Gasteiger partial charge in [0.15, 0.2) is 0 Å². The van der Waals surface area contributed by atoms with Gasteiger partial charge in [0.2, 0.25) is 0 Å². The summed E-state index contributed by atoms with van der Waals surface area (Å²) in [5, 5.41) is 10.9. The summed E-state index contributed by atoms with van der Waals surface area (Å²) >= 11 is 12.0. The molecule has 10 heteroatoms. The highest BCUT2D eigenvalue weighted by atomic mass is 35.5. The van der Waals surface area contributed by atoms with Crippen LogP contribution in [-0.4, -0.2) is 37.1 Å². The smallest absolute Gasteiger partial charge is 0.339 e. The molecule has 0 aliphatic heterocycles. The molecule has 7 nitrogen and oxygen atoms in total. The van der Waals surface area contributed by atoms with Crippen molar-refractivity contribution >= 4 is 39.2 Å². The van der Waals surface area contributed by atoms with E-state index in [1.807, 2.05) is 0 Å². The molecule has 146 valence electrons. The number of aromatic amines is 1. The molecule has 0 bridgehead atoms. The standard InChI is InChI=1S/C17H18Cl2N2O5S/c1-3-26-17(23)10-7-15(20-8(10)2)27(24,25)21-14-5-9-4-12(18)13(19)6-11(9)16(14)22/h4,6-7,14,16,20-22H,3,5H2,1-2H3/t14-,16-/m0/s1. The molecule has 0 saturated heterocycles. The third-order valence-corrected chi connectivity index (χ3v) is 6.54. The molecule has 0 saturated carbocycles. The lowest BCUT2D eigenvalue weighted by atomic mass is 10.1. The number of aliphatic hydroxyl groups is 1. The molecule has 1 aromatic carbocycles. The van der Waals surface area contributed by atoms with E-state index in [1.165, 1.54) is 12.1 Å². The Labute approximate surface area is 166 Å². The van der Waals surface area contributed by atoms with Crippen LogP contribution < -0.4 is 4.72 Å². The summed E-state index contributed by atoms with van der Waals surface area (Å²) in [5.41, 5.74) is 1.78. The normalized spacial score (nSPS) is 19.1. The van der Waals surface area contributed by atoms with E-state index in [2.05, 4.69) is 9.71 Å². The van der Waals surface area contributed by atoms with Gasteiger partial charge in [-0.3, -0.25) is 0 Å². The highest BCUT2D eigenvalue weighted by Crippen LogP contribution is 2.37. The van der Waals surface area contributed by atoms with Crippen molar-refractivity contribution in [1.29, 1.82) is 0 Å². The molecule has 0 spiro atoms. The van der Waals surface area contributed by atoms with Gasteiger partial charge >= 0.3 is 5.97 Å². The molecule has 3 N–H and O–H groups in total. The Hall–Kier alpha value is -1.58. The van der Waals surface area contributed by atoms with Crippen molar-refractivity contribution < 1.29 is 23.1 Å². The van der Waals surface area contributed by atoms with E-state index in [9.17, 15) is 18.3 Å². The maximum absolute atomic E-state index is 12.7. The lowest BCUT2D eigenvalue weighted by Crippen LogP contribution is -2.37. The number of carbonyl (C=O) groups is 1. The van der Waals surface area contributed by atoms with Gasteiger partial charge in [-0.05, 0) is 49.6 Å². The Morgan fingerprint density at radius 1 is 1.33 bits per heavy atom. The molecule has 2 aromatic rings. The number of sulfonamides is 1. The molecule has 1 aromatic heterocycles. The van der Waals surface area contributed by atoms with E-state index >= 15 is 0 Å². The first kappa shape index (κ1) is 20.2. The molecule has 0 unspecified atom stereocenters. The van der Waals surface area contributed by atoms with Crippen LogP contribution in [0.5, 0.6) is 0 Å². The third-order valence-electron chi connectivity index (χ3n) is 4.40. The molecule has 3 rings (SSSR count). The average Bonchev–Trinajstić information content (AvgIpc) is 3.11. The number of fused-ring (bicyclic) bond motifs is 1. The van der Waals surface area contributed by atoms with Crippen LogP contribution in [0.25, 0.3) is 0 Å². The fourth-order valence-electron chi connectivity index (χ4n) is 3.08. The summed E-state index contributed by atoms with van der Waals surface area (Å²) in [7, 11) is -4.00. The van der Waals surface area contributed by atoms with Crippen molar-refractivity contribution in [2.24, 2.45) is 0 Å². The number of aryl methyl sites for hydroxylation is 1. The molecule has 1 aliphatic carbocycles.